The van der Waals surface area contributed by atoms with E-state index < -0.39 is 0 Å². The number of unbranched alkanes of at least 4 members (excludes halogenated alkanes) is 11. The maximum absolute atomic E-state index is 2.29. The molecule has 0 saturated carbocycles. The van der Waals surface area contributed by atoms with Gasteiger partial charge in [-0.1, -0.05) is 89.2 Å². The number of allylic oxidation sites excluding steroid dienone is 2. The Bertz CT molecular complexity index is 178. The van der Waals surface area contributed by atoms with E-state index in [2.05, 4.69) is 26.8 Å². The van der Waals surface area contributed by atoms with Gasteiger partial charge in [-0.2, -0.15) is 0 Å². The molecule has 0 bridgehead atoms. The van der Waals surface area contributed by atoms with Crippen molar-refractivity contribution in [2.45, 2.75) is 104 Å². The second-order valence-corrected chi connectivity index (χ2v) is 5.77. The highest BCUT2D eigenvalue weighted by molar-refractivity contribution is 4.94. The topological polar surface area (TPSA) is 0 Å². The summed E-state index contributed by atoms with van der Waals surface area (Å²) in [7, 11) is 0. The Morgan fingerprint density at radius 2 is 1.06 bits per heavy atom. The second-order valence-electron chi connectivity index (χ2n) is 5.77. The summed E-state index contributed by atoms with van der Waals surface area (Å²) in [6.45, 7) is 6.69. The van der Waals surface area contributed by atoms with Crippen LogP contribution in [0.2, 0.25) is 0 Å². The smallest absolute Gasteiger partial charge is 0.0323 e. The third-order valence-corrected chi connectivity index (χ3v) is 3.92. The summed E-state index contributed by atoms with van der Waals surface area (Å²) in [5.74, 6) is 0. The van der Waals surface area contributed by atoms with Crippen molar-refractivity contribution in [3.05, 3.63) is 11.6 Å². The standard InChI is InChI=1S/C18H36/c1-4-6-7-8-9-10-11-12-13-14-15-16-17-18(3)5-2/h5H,4,6-17H2,1-3H3/b18-5+. The summed E-state index contributed by atoms with van der Waals surface area (Å²) in [5.41, 5.74) is 1.56. The molecule has 0 spiro atoms. The minimum absolute atomic E-state index is 1.31. The Kier molecular flexibility index (Phi) is 14.6. The molecule has 0 aromatic heterocycles. The highest BCUT2D eigenvalue weighted by atomic mass is 14.0. The highest BCUT2D eigenvalue weighted by Gasteiger charge is 1.94. The Hall–Kier alpha value is -0.260. The van der Waals surface area contributed by atoms with Crippen LogP contribution >= 0.6 is 0 Å². The van der Waals surface area contributed by atoms with Gasteiger partial charge in [-0.15, -0.1) is 0 Å². The van der Waals surface area contributed by atoms with Gasteiger partial charge in [-0.3, -0.25) is 0 Å². The fourth-order valence-corrected chi connectivity index (χ4v) is 2.39. The molecular weight excluding hydrogens is 216 g/mol. The number of hydrogen-bond donors (Lipinski definition) is 0. The molecule has 0 fully saturated rings. The molecule has 108 valence electrons. The first-order valence-electron chi connectivity index (χ1n) is 8.43. The first kappa shape index (κ1) is 17.7. The van der Waals surface area contributed by atoms with E-state index >= 15 is 0 Å². The quantitative estimate of drug-likeness (QED) is 0.243. The zero-order valence-electron chi connectivity index (χ0n) is 13.3. The molecule has 0 heteroatoms. The second kappa shape index (κ2) is 14.8. The predicted molar refractivity (Wildman–Crippen MR) is 85.1 cm³/mol. The van der Waals surface area contributed by atoms with Crippen LogP contribution in [0, 0.1) is 0 Å². The lowest BCUT2D eigenvalue weighted by atomic mass is 10.0. The lowest BCUT2D eigenvalue weighted by molar-refractivity contribution is 0.544. The summed E-state index contributed by atoms with van der Waals surface area (Å²) in [5, 5.41) is 0. The van der Waals surface area contributed by atoms with Crippen molar-refractivity contribution < 1.29 is 0 Å². The minimum Gasteiger partial charge on any atom is -0.0887 e. The van der Waals surface area contributed by atoms with Gasteiger partial charge in [-0.05, 0) is 26.7 Å². The Morgan fingerprint density at radius 3 is 1.44 bits per heavy atom. The van der Waals surface area contributed by atoms with E-state index in [9.17, 15) is 0 Å². The number of rotatable bonds is 13. The Balaban J connectivity index is 2.99. The fraction of sp³-hybridized carbons (Fsp3) is 0.889. The first-order chi connectivity index (χ1) is 8.81. The maximum Gasteiger partial charge on any atom is -0.0323 e. The van der Waals surface area contributed by atoms with Crippen LogP contribution in [0.5, 0.6) is 0 Å². The van der Waals surface area contributed by atoms with E-state index in [1.165, 1.54) is 83.5 Å². The van der Waals surface area contributed by atoms with Gasteiger partial charge in [0.2, 0.25) is 0 Å². The summed E-state index contributed by atoms with van der Waals surface area (Å²) >= 11 is 0. The monoisotopic (exact) mass is 252 g/mol. The first-order valence-corrected chi connectivity index (χ1v) is 8.43. The average Bonchev–Trinajstić information content (AvgIpc) is 2.39. The molecule has 0 atom stereocenters. The van der Waals surface area contributed by atoms with Crippen LogP contribution in [0.25, 0.3) is 0 Å². The van der Waals surface area contributed by atoms with E-state index in [-0.39, 0.29) is 0 Å². The van der Waals surface area contributed by atoms with Gasteiger partial charge in [-0.25, -0.2) is 0 Å². The van der Waals surface area contributed by atoms with Crippen LogP contribution in [-0.2, 0) is 0 Å². The van der Waals surface area contributed by atoms with Crippen LogP contribution in [-0.4, -0.2) is 0 Å². The van der Waals surface area contributed by atoms with Gasteiger partial charge in [0.15, 0.2) is 0 Å². The zero-order chi connectivity index (χ0) is 13.5. The molecule has 0 aliphatic heterocycles. The molecule has 0 aliphatic rings. The predicted octanol–water partition coefficient (Wildman–Crippen LogP) is 7.04. The third-order valence-electron chi connectivity index (χ3n) is 3.92. The van der Waals surface area contributed by atoms with Crippen molar-refractivity contribution in [2.24, 2.45) is 0 Å². The van der Waals surface area contributed by atoms with Gasteiger partial charge in [0.05, 0.1) is 0 Å². The van der Waals surface area contributed by atoms with Gasteiger partial charge in [0.25, 0.3) is 0 Å². The van der Waals surface area contributed by atoms with Crippen LogP contribution < -0.4 is 0 Å². The van der Waals surface area contributed by atoms with Crippen molar-refractivity contribution >= 4 is 0 Å². The van der Waals surface area contributed by atoms with Crippen LogP contribution in [0.3, 0.4) is 0 Å². The molecule has 0 aromatic rings. The van der Waals surface area contributed by atoms with Crippen molar-refractivity contribution in [3.8, 4) is 0 Å². The molecule has 18 heavy (non-hydrogen) atoms. The van der Waals surface area contributed by atoms with Crippen LogP contribution in [0.4, 0.5) is 0 Å². The molecule has 0 nitrogen and oxygen atoms in total. The van der Waals surface area contributed by atoms with E-state index in [4.69, 9.17) is 0 Å². The summed E-state index contributed by atoms with van der Waals surface area (Å²) in [6, 6.07) is 0. The largest absolute Gasteiger partial charge is 0.0887 e. The van der Waals surface area contributed by atoms with Gasteiger partial charge in [0, 0.05) is 0 Å². The molecule has 0 aromatic carbocycles. The van der Waals surface area contributed by atoms with Crippen molar-refractivity contribution in [1.29, 1.82) is 0 Å². The SMILES string of the molecule is C/C=C(\C)CCCCCCCCCCCCCC. The van der Waals surface area contributed by atoms with E-state index in [0.29, 0.717) is 0 Å². The van der Waals surface area contributed by atoms with Crippen LogP contribution in [0.15, 0.2) is 11.6 Å². The molecule has 0 unspecified atom stereocenters. The Labute approximate surface area is 116 Å². The van der Waals surface area contributed by atoms with E-state index in [1.54, 1.807) is 5.57 Å². The van der Waals surface area contributed by atoms with E-state index in [0.717, 1.165) is 0 Å². The van der Waals surface area contributed by atoms with E-state index in [1.807, 2.05) is 0 Å². The van der Waals surface area contributed by atoms with Crippen molar-refractivity contribution in [2.75, 3.05) is 0 Å². The Morgan fingerprint density at radius 1 is 0.667 bits per heavy atom. The molecule has 0 N–H and O–H groups in total. The minimum atomic E-state index is 1.31. The molecule has 0 rings (SSSR count). The molecular formula is C18H36. The van der Waals surface area contributed by atoms with Crippen molar-refractivity contribution in [3.63, 3.8) is 0 Å². The van der Waals surface area contributed by atoms with Gasteiger partial charge in [0.1, 0.15) is 0 Å². The van der Waals surface area contributed by atoms with Gasteiger partial charge < -0.3 is 0 Å². The van der Waals surface area contributed by atoms with Gasteiger partial charge >= 0.3 is 0 Å². The summed E-state index contributed by atoms with van der Waals surface area (Å²) in [4.78, 5) is 0. The van der Waals surface area contributed by atoms with Crippen molar-refractivity contribution in [1.82, 2.24) is 0 Å². The lowest BCUT2D eigenvalue weighted by Gasteiger charge is -2.03. The molecule has 0 heterocycles. The highest BCUT2D eigenvalue weighted by Crippen LogP contribution is 2.13. The molecule has 0 radical (unpaired) electrons. The maximum atomic E-state index is 2.29. The molecule has 0 amide bonds. The molecule has 0 saturated heterocycles. The number of hydrogen-bond acceptors (Lipinski definition) is 0. The average molecular weight is 252 g/mol. The molecule has 0 aliphatic carbocycles. The summed E-state index contributed by atoms with van der Waals surface area (Å²) < 4.78 is 0. The fourth-order valence-electron chi connectivity index (χ4n) is 2.39. The summed E-state index contributed by atoms with van der Waals surface area (Å²) in [6.07, 6.45) is 20.9. The zero-order valence-corrected chi connectivity index (χ0v) is 13.3. The lowest BCUT2D eigenvalue weighted by Crippen LogP contribution is -1.83. The van der Waals surface area contributed by atoms with Crippen LogP contribution in [0.1, 0.15) is 104 Å². The third kappa shape index (κ3) is 13.8. The normalized spacial score (nSPS) is 12.1.